The molecule has 0 aliphatic carbocycles. The highest BCUT2D eigenvalue weighted by molar-refractivity contribution is 5.45. The fourth-order valence-corrected chi connectivity index (χ4v) is 0.664. The molecule has 0 N–H and O–H groups in total. The molecule has 1 aromatic rings. The molecule has 0 saturated heterocycles. The van der Waals surface area contributed by atoms with E-state index in [0.717, 1.165) is 12.2 Å². The lowest BCUT2D eigenvalue weighted by Gasteiger charge is -1.85. The van der Waals surface area contributed by atoms with Crippen LogP contribution >= 0.6 is 0 Å². The highest BCUT2D eigenvalue weighted by atomic mass is 14.2. The van der Waals surface area contributed by atoms with E-state index in [4.69, 9.17) is 15.8 Å². The average Bonchev–Trinajstić information content (AvgIpc) is 2.61. The Labute approximate surface area is 133 Å². The number of nitriles is 3. The van der Waals surface area contributed by atoms with Crippen LogP contribution < -0.4 is 0 Å². The van der Waals surface area contributed by atoms with Gasteiger partial charge in [-0.25, -0.2) is 0 Å². The van der Waals surface area contributed by atoms with Crippen LogP contribution in [0, 0.1) is 34.0 Å². The summed E-state index contributed by atoms with van der Waals surface area (Å²) in [5.74, 6) is 0. The van der Waals surface area contributed by atoms with Gasteiger partial charge in [0.1, 0.15) is 0 Å². The Bertz CT molecular complexity index is 539. The highest BCUT2D eigenvalue weighted by Crippen LogP contribution is 1.97. The van der Waals surface area contributed by atoms with E-state index in [9.17, 15) is 0 Å². The van der Waals surface area contributed by atoms with Crippen LogP contribution in [0.15, 0.2) is 87.0 Å². The fraction of sp³-hybridized carbons (Fsp3) is 0. The van der Waals surface area contributed by atoms with Gasteiger partial charge >= 0.3 is 0 Å². The van der Waals surface area contributed by atoms with Gasteiger partial charge in [-0.05, 0) is 5.56 Å². The summed E-state index contributed by atoms with van der Waals surface area (Å²) < 4.78 is 0. The quantitative estimate of drug-likeness (QED) is 0.569. The molecule has 0 aromatic heterocycles. The zero-order valence-corrected chi connectivity index (χ0v) is 12.5. The second-order valence-corrected chi connectivity index (χ2v) is 3.01. The van der Waals surface area contributed by atoms with Gasteiger partial charge in [0, 0.05) is 18.2 Å². The summed E-state index contributed by atoms with van der Waals surface area (Å²) in [7, 11) is 0. The molecule has 3 heteroatoms. The molecule has 0 spiro atoms. The predicted molar refractivity (Wildman–Crippen MR) is 93.1 cm³/mol. The number of rotatable bonds is 2. The third-order valence-corrected chi connectivity index (χ3v) is 1.53. The van der Waals surface area contributed by atoms with Crippen LogP contribution in [0.2, 0.25) is 0 Å². The van der Waals surface area contributed by atoms with Gasteiger partial charge < -0.3 is 0 Å². The summed E-state index contributed by atoms with van der Waals surface area (Å²) in [5, 5.41) is 22.9. The lowest BCUT2D eigenvalue weighted by molar-refractivity contribution is 1.52. The number of allylic oxidation sites excluding steroid dienone is 5. The molecule has 0 aliphatic heterocycles. The molecule has 0 radical (unpaired) electrons. The first-order valence-electron chi connectivity index (χ1n) is 6.04. The molecule has 0 unspecified atom stereocenters. The molecule has 0 heterocycles. The summed E-state index contributed by atoms with van der Waals surface area (Å²) in [4.78, 5) is 0. The van der Waals surface area contributed by atoms with E-state index in [1.165, 1.54) is 11.6 Å². The van der Waals surface area contributed by atoms with Crippen molar-refractivity contribution >= 4 is 6.08 Å². The van der Waals surface area contributed by atoms with E-state index in [-0.39, 0.29) is 0 Å². The summed E-state index contributed by atoms with van der Waals surface area (Å²) in [6.07, 6.45) is 8.54. The molecular formula is C19H19N3. The summed E-state index contributed by atoms with van der Waals surface area (Å²) >= 11 is 0. The zero-order valence-electron chi connectivity index (χ0n) is 12.5. The lowest BCUT2D eigenvalue weighted by atomic mass is 10.2. The van der Waals surface area contributed by atoms with Crippen molar-refractivity contribution in [2.75, 3.05) is 0 Å². The molecule has 110 valence electrons. The molecule has 0 aliphatic rings. The van der Waals surface area contributed by atoms with Crippen LogP contribution in [0.1, 0.15) is 5.56 Å². The van der Waals surface area contributed by atoms with Crippen molar-refractivity contribution in [3.63, 3.8) is 0 Å². The van der Waals surface area contributed by atoms with E-state index in [1.54, 1.807) is 30.4 Å². The first-order chi connectivity index (χ1) is 10.7. The van der Waals surface area contributed by atoms with Gasteiger partial charge in [0.2, 0.25) is 0 Å². The Hall–Kier alpha value is -3.61. The number of hydrogen-bond donors (Lipinski definition) is 0. The van der Waals surface area contributed by atoms with Crippen molar-refractivity contribution in [1.29, 1.82) is 15.8 Å². The Morgan fingerprint density at radius 1 is 0.727 bits per heavy atom. The topological polar surface area (TPSA) is 71.4 Å². The van der Waals surface area contributed by atoms with Crippen molar-refractivity contribution in [2.24, 2.45) is 0 Å². The van der Waals surface area contributed by atoms with Crippen LogP contribution in [-0.2, 0) is 0 Å². The third-order valence-electron chi connectivity index (χ3n) is 1.53. The molecule has 3 nitrogen and oxygen atoms in total. The second kappa shape index (κ2) is 26.1. The number of benzene rings is 1. The Kier molecular flexibility index (Phi) is 27.8. The summed E-state index contributed by atoms with van der Waals surface area (Å²) in [6.45, 7) is 13.5. The van der Waals surface area contributed by atoms with E-state index < -0.39 is 0 Å². The molecule has 0 amide bonds. The summed E-state index contributed by atoms with van der Waals surface area (Å²) in [5.41, 5.74) is 1.17. The Morgan fingerprint density at radius 3 is 1.32 bits per heavy atom. The highest BCUT2D eigenvalue weighted by Gasteiger charge is 1.75. The van der Waals surface area contributed by atoms with Gasteiger partial charge in [-0.1, -0.05) is 74.9 Å². The van der Waals surface area contributed by atoms with Gasteiger partial charge in [0.25, 0.3) is 0 Å². The van der Waals surface area contributed by atoms with Crippen LogP contribution in [-0.4, -0.2) is 0 Å². The molecule has 0 saturated carbocycles. The van der Waals surface area contributed by atoms with Gasteiger partial charge in [0.15, 0.2) is 0 Å². The maximum absolute atomic E-state index is 7.71. The van der Waals surface area contributed by atoms with Crippen molar-refractivity contribution in [1.82, 2.24) is 0 Å². The van der Waals surface area contributed by atoms with Crippen molar-refractivity contribution in [2.45, 2.75) is 0 Å². The van der Waals surface area contributed by atoms with Crippen LogP contribution in [0.4, 0.5) is 0 Å². The largest absolute Gasteiger partial charge is 0.193 e. The van der Waals surface area contributed by atoms with Crippen LogP contribution in [0.5, 0.6) is 0 Å². The minimum atomic E-state index is 1.12. The Balaban J connectivity index is -0.000000231. The molecular weight excluding hydrogens is 270 g/mol. The minimum absolute atomic E-state index is 1.12. The molecule has 1 rings (SSSR count). The first kappa shape index (κ1) is 23.5. The number of hydrogen-bond acceptors (Lipinski definition) is 3. The van der Waals surface area contributed by atoms with Gasteiger partial charge in [-0.3, -0.25) is 0 Å². The van der Waals surface area contributed by atoms with E-state index in [2.05, 4.69) is 26.3 Å². The number of nitrogens with zero attached hydrogens (tertiary/aromatic N) is 3. The first-order valence-corrected chi connectivity index (χ1v) is 6.04. The average molecular weight is 289 g/mol. The van der Waals surface area contributed by atoms with Crippen molar-refractivity contribution in [3.8, 4) is 18.2 Å². The van der Waals surface area contributed by atoms with E-state index in [0.29, 0.717) is 0 Å². The second-order valence-electron chi connectivity index (χ2n) is 3.01. The lowest BCUT2D eigenvalue weighted by Crippen LogP contribution is -1.63. The molecule has 22 heavy (non-hydrogen) atoms. The van der Waals surface area contributed by atoms with Gasteiger partial charge in [0.05, 0.1) is 18.2 Å². The fourth-order valence-electron chi connectivity index (χ4n) is 0.664. The summed E-state index contributed by atoms with van der Waals surface area (Å²) in [6, 6.07) is 15.1. The zero-order chi connectivity index (χ0) is 17.5. The van der Waals surface area contributed by atoms with Crippen molar-refractivity contribution < 1.29 is 0 Å². The maximum Gasteiger partial charge on any atom is 0.0919 e. The monoisotopic (exact) mass is 289 g/mol. The molecule has 0 fully saturated rings. The maximum atomic E-state index is 7.71. The molecule has 0 bridgehead atoms. The normalized spacial score (nSPS) is 6.59. The SMILES string of the molecule is C=CC#N.C=CC=C.C=Cc1ccccc1.N#CC=CC#N. The van der Waals surface area contributed by atoms with Crippen LogP contribution in [0.3, 0.4) is 0 Å². The standard InChI is InChI=1S/C8H8.C4H2N2.C4H6.C3H3N/c1-2-8-6-4-3-5-7-8;5-3-1-2-4-6;1-3-4-2;1-2-3-4/h2-7H,1H2;1-2H;3-4H,1-2H2;2H,1H2. The van der Waals surface area contributed by atoms with Crippen molar-refractivity contribution in [3.05, 3.63) is 92.6 Å². The third kappa shape index (κ3) is 29.9. The minimum Gasteiger partial charge on any atom is -0.193 e. The smallest absolute Gasteiger partial charge is 0.0919 e. The van der Waals surface area contributed by atoms with E-state index >= 15 is 0 Å². The molecule has 0 atom stereocenters. The predicted octanol–water partition coefficient (Wildman–Crippen LogP) is 4.97. The molecule has 1 aromatic carbocycles. The Morgan fingerprint density at radius 2 is 1.14 bits per heavy atom. The van der Waals surface area contributed by atoms with Gasteiger partial charge in [-0.2, -0.15) is 15.8 Å². The van der Waals surface area contributed by atoms with Crippen LogP contribution in [0.25, 0.3) is 6.08 Å². The van der Waals surface area contributed by atoms with E-state index in [1.807, 2.05) is 36.4 Å². The van der Waals surface area contributed by atoms with Gasteiger partial charge in [-0.15, -0.1) is 0 Å².